The van der Waals surface area contributed by atoms with E-state index in [0.717, 1.165) is 12.4 Å². The van der Waals surface area contributed by atoms with Gasteiger partial charge in [-0.1, -0.05) is 6.08 Å². The number of rotatable bonds is 7. The van der Waals surface area contributed by atoms with Crippen molar-refractivity contribution in [2.45, 2.75) is 44.5 Å². The van der Waals surface area contributed by atoms with Crippen LogP contribution in [0.3, 0.4) is 0 Å². The Hall–Kier alpha value is -3.41. The van der Waals surface area contributed by atoms with Gasteiger partial charge < -0.3 is 25.4 Å². The van der Waals surface area contributed by atoms with Crippen LogP contribution in [0.4, 0.5) is 17.6 Å². The van der Waals surface area contributed by atoms with Crippen LogP contribution in [0.2, 0.25) is 0 Å². The second-order valence-corrected chi connectivity index (χ2v) is 9.76. The minimum Gasteiger partial charge on any atom is -0.486 e. The van der Waals surface area contributed by atoms with Crippen LogP contribution in [0.15, 0.2) is 63.4 Å². The summed E-state index contributed by atoms with van der Waals surface area (Å²) in [5.74, 6) is -1.23. The molecule has 0 aromatic heterocycles. The van der Waals surface area contributed by atoms with Gasteiger partial charge in [0.1, 0.15) is 22.9 Å². The minimum absolute atomic E-state index is 0.0681. The normalized spacial score (nSPS) is 28.8. The summed E-state index contributed by atoms with van der Waals surface area (Å²) in [7, 11) is 0. The molecule has 0 bridgehead atoms. The number of carbonyl (C=O) groups is 2. The molecule has 37 heavy (non-hydrogen) atoms. The molecule has 4 aliphatic rings. The van der Waals surface area contributed by atoms with E-state index in [2.05, 4.69) is 10.3 Å². The molecule has 200 valence electrons. The summed E-state index contributed by atoms with van der Waals surface area (Å²) in [6.45, 7) is 0.527. The average molecular weight is 525 g/mol. The quantitative estimate of drug-likeness (QED) is 0.303. The molecule has 2 unspecified atom stereocenters. The van der Waals surface area contributed by atoms with E-state index < -0.39 is 29.6 Å². The monoisotopic (exact) mass is 524 g/mol. The lowest BCUT2D eigenvalue weighted by atomic mass is 9.85. The zero-order valence-corrected chi connectivity index (χ0v) is 20.4. The number of amides is 2. The van der Waals surface area contributed by atoms with Gasteiger partial charge in [0.25, 0.3) is 11.8 Å². The lowest BCUT2D eigenvalue weighted by Crippen LogP contribution is -2.55. The van der Waals surface area contributed by atoms with Crippen molar-refractivity contribution in [1.29, 1.82) is 0 Å². The van der Waals surface area contributed by atoms with Gasteiger partial charge in [-0.05, 0) is 31.6 Å². The Morgan fingerprint density at radius 1 is 1.38 bits per heavy atom. The van der Waals surface area contributed by atoms with Gasteiger partial charge >= 0.3 is 6.55 Å². The van der Waals surface area contributed by atoms with Crippen molar-refractivity contribution in [3.05, 3.63) is 58.4 Å². The highest BCUT2D eigenvalue weighted by molar-refractivity contribution is 5.97. The van der Waals surface area contributed by atoms with Crippen LogP contribution >= 0.6 is 0 Å². The van der Waals surface area contributed by atoms with Gasteiger partial charge in [-0.3, -0.25) is 9.59 Å². The molecule has 0 aromatic rings. The Kier molecular flexibility index (Phi) is 7.31. The number of alkyl halides is 3. The maximum atomic E-state index is 15.3. The fourth-order valence-corrected chi connectivity index (χ4v) is 4.47. The van der Waals surface area contributed by atoms with E-state index in [-0.39, 0.29) is 49.0 Å². The summed E-state index contributed by atoms with van der Waals surface area (Å²) in [4.78, 5) is 29.0. The standard InChI is InChI=1S/C25H28F4N4O4/c1-24(29)7-19-18(32-21(34)13-36-19)6-17(24)22(35)33-10-14(11-33)12-37-25(2)4-3-15(5-20(25)26)16(8-30)9-31-23(27)28/h3,5-6,8-9,14,23H,4,7,10-13,30H2,1-2H3,(H,32,34). The molecule has 1 saturated heterocycles. The van der Waals surface area contributed by atoms with Crippen LogP contribution in [0.5, 0.6) is 0 Å². The van der Waals surface area contributed by atoms with E-state index in [1.165, 1.54) is 24.0 Å². The molecule has 2 atom stereocenters. The summed E-state index contributed by atoms with van der Waals surface area (Å²) in [5, 5.41) is 2.60. The summed E-state index contributed by atoms with van der Waals surface area (Å²) in [6.07, 6.45) is 6.07. The van der Waals surface area contributed by atoms with Gasteiger partial charge in [0, 0.05) is 49.8 Å². The number of nitrogens with zero attached hydrogens (tertiary/aromatic N) is 2. The Morgan fingerprint density at radius 3 is 2.76 bits per heavy atom. The highest BCUT2D eigenvalue weighted by Gasteiger charge is 2.45. The highest BCUT2D eigenvalue weighted by Crippen LogP contribution is 2.39. The summed E-state index contributed by atoms with van der Waals surface area (Å²) in [6, 6.07) is 0. The van der Waals surface area contributed by atoms with Gasteiger partial charge in [0.15, 0.2) is 6.61 Å². The number of allylic oxidation sites excluding steroid dienone is 5. The third kappa shape index (κ3) is 5.63. The van der Waals surface area contributed by atoms with Crippen LogP contribution in [-0.2, 0) is 19.1 Å². The fraction of sp³-hybridized carbons (Fsp3) is 0.480. The van der Waals surface area contributed by atoms with Crippen molar-refractivity contribution >= 4 is 18.0 Å². The Balaban J connectivity index is 1.32. The molecule has 4 rings (SSSR count). The van der Waals surface area contributed by atoms with E-state index >= 15 is 4.39 Å². The molecule has 2 heterocycles. The molecule has 2 aliphatic carbocycles. The lowest BCUT2D eigenvalue weighted by molar-refractivity contribution is -0.138. The smallest absolute Gasteiger partial charge is 0.331 e. The number of likely N-dealkylation sites (tertiary alicyclic amines) is 1. The summed E-state index contributed by atoms with van der Waals surface area (Å²) < 4.78 is 66.0. The van der Waals surface area contributed by atoms with Gasteiger partial charge in [0.05, 0.1) is 17.9 Å². The highest BCUT2D eigenvalue weighted by atomic mass is 19.3. The second kappa shape index (κ2) is 10.2. The van der Waals surface area contributed by atoms with Gasteiger partial charge in [-0.25, -0.2) is 13.8 Å². The first-order valence-corrected chi connectivity index (χ1v) is 11.7. The topological polar surface area (TPSA) is 106 Å². The Bertz CT molecular complexity index is 1170. The number of nitrogens with one attached hydrogen (secondary N) is 1. The van der Waals surface area contributed by atoms with Crippen molar-refractivity contribution in [3.63, 3.8) is 0 Å². The van der Waals surface area contributed by atoms with Crippen molar-refractivity contribution in [2.24, 2.45) is 16.6 Å². The fourth-order valence-electron chi connectivity index (χ4n) is 4.47. The largest absolute Gasteiger partial charge is 0.486 e. The predicted molar refractivity (Wildman–Crippen MR) is 126 cm³/mol. The zero-order valence-electron chi connectivity index (χ0n) is 20.4. The van der Waals surface area contributed by atoms with Crippen molar-refractivity contribution in [2.75, 3.05) is 26.3 Å². The van der Waals surface area contributed by atoms with Crippen molar-refractivity contribution in [1.82, 2.24) is 10.2 Å². The van der Waals surface area contributed by atoms with E-state index in [0.29, 0.717) is 30.1 Å². The molecule has 2 aliphatic heterocycles. The number of hydrogen-bond donors (Lipinski definition) is 2. The number of carbonyl (C=O) groups excluding carboxylic acids is 2. The first-order chi connectivity index (χ1) is 17.4. The van der Waals surface area contributed by atoms with Crippen LogP contribution in [0.25, 0.3) is 0 Å². The van der Waals surface area contributed by atoms with Crippen LogP contribution in [0.1, 0.15) is 26.7 Å². The molecule has 3 N–H and O–H groups in total. The van der Waals surface area contributed by atoms with Gasteiger partial charge in [0.2, 0.25) is 0 Å². The van der Waals surface area contributed by atoms with E-state index in [9.17, 15) is 22.8 Å². The van der Waals surface area contributed by atoms with E-state index in [4.69, 9.17) is 15.2 Å². The van der Waals surface area contributed by atoms with Crippen molar-refractivity contribution in [3.8, 4) is 0 Å². The Labute approximate surface area is 211 Å². The van der Waals surface area contributed by atoms with E-state index in [1.807, 2.05) is 0 Å². The molecule has 2 amide bonds. The first-order valence-electron chi connectivity index (χ1n) is 11.7. The zero-order chi connectivity index (χ0) is 27.0. The number of halogens is 4. The van der Waals surface area contributed by atoms with Crippen LogP contribution in [0, 0.1) is 5.92 Å². The van der Waals surface area contributed by atoms with Gasteiger partial charge in [-0.2, -0.15) is 8.78 Å². The number of ether oxygens (including phenoxy) is 2. The average Bonchev–Trinajstić information content (AvgIpc) is 2.80. The summed E-state index contributed by atoms with van der Waals surface area (Å²) >= 11 is 0. The number of hydrogen-bond acceptors (Lipinski definition) is 6. The van der Waals surface area contributed by atoms with E-state index in [1.54, 1.807) is 13.0 Å². The Morgan fingerprint density at radius 2 is 2.11 bits per heavy atom. The minimum atomic E-state index is -2.90. The molecule has 0 saturated carbocycles. The first kappa shape index (κ1) is 26.6. The third-order valence-corrected chi connectivity index (χ3v) is 6.75. The number of aliphatic imine (C=N–C) groups is 1. The van der Waals surface area contributed by atoms with Gasteiger partial charge in [-0.15, -0.1) is 0 Å². The van der Waals surface area contributed by atoms with Crippen molar-refractivity contribution < 1.29 is 36.6 Å². The summed E-state index contributed by atoms with van der Waals surface area (Å²) in [5.41, 5.74) is 2.95. The molecular weight excluding hydrogens is 496 g/mol. The lowest BCUT2D eigenvalue weighted by Gasteiger charge is -2.43. The number of nitrogens with two attached hydrogens (primary N) is 1. The maximum absolute atomic E-state index is 15.3. The predicted octanol–water partition coefficient (Wildman–Crippen LogP) is 2.96. The SMILES string of the molecule is CC1(F)CC2=C(C=C1C(=O)N1CC(COC3(C)CC=C(C(C=NC(F)F)=CN)C=C3F)C1)NC(=O)CO2. The molecule has 8 nitrogen and oxygen atoms in total. The third-order valence-electron chi connectivity index (χ3n) is 6.75. The molecule has 12 heteroatoms. The maximum Gasteiger partial charge on any atom is 0.331 e. The molecular formula is C25H28F4N4O4. The molecule has 0 spiro atoms. The molecule has 0 radical (unpaired) electrons. The van der Waals surface area contributed by atoms with Crippen LogP contribution < -0.4 is 11.1 Å². The molecule has 1 fully saturated rings. The van der Waals surface area contributed by atoms with Crippen LogP contribution in [-0.4, -0.2) is 67.1 Å². The second-order valence-electron chi connectivity index (χ2n) is 9.76. The molecule has 0 aromatic carbocycles.